The van der Waals surface area contributed by atoms with Gasteiger partial charge in [0, 0.05) is 56.2 Å². The molecular formula is C22H28N6O5. The Hall–Kier alpha value is -3.76. The van der Waals surface area contributed by atoms with Gasteiger partial charge >= 0.3 is 0 Å². The molecule has 0 saturated carbocycles. The van der Waals surface area contributed by atoms with E-state index in [1.807, 2.05) is 20.8 Å². The van der Waals surface area contributed by atoms with Crippen LogP contribution in [0.1, 0.15) is 60.2 Å². The molecule has 0 spiro atoms. The van der Waals surface area contributed by atoms with Gasteiger partial charge in [-0.15, -0.1) is 0 Å². The summed E-state index contributed by atoms with van der Waals surface area (Å²) in [6, 6.07) is 6.97. The third kappa shape index (κ3) is 5.36. The maximum atomic E-state index is 13.1. The number of non-ortho nitro benzene ring substituents is 1. The van der Waals surface area contributed by atoms with E-state index >= 15 is 0 Å². The van der Waals surface area contributed by atoms with Crippen LogP contribution in [0, 0.1) is 10.1 Å². The molecule has 1 aromatic heterocycles. The number of aryl methyl sites for hydroxylation is 1. The van der Waals surface area contributed by atoms with E-state index in [1.165, 1.54) is 39.0 Å². The Balaban J connectivity index is 1.58. The first kappa shape index (κ1) is 23.9. The van der Waals surface area contributed by atoms with Crippen molar-refractivity contribution in [2.45, 2.75) is 39.0 Å². The minimum atomic E-state index is -0.543. The number of hydrogen-bond acceptors (Lipinski definition) is 6. The van der Waals surface area contributed by atoms with Crippen molar-refractivity contribution in [2.75, 3.05) is 19.6 Å². The van der Waals surface area contributed by atoms with E-state index in [0.717, 1.165) is 5.69 Å². The number of nitro benzene ring substituents is 1. The molecule has 1 aromatic carbocycles. The number of carbonyl (C=O) groups excluding carboxylic acids is 3. The van der Waals surface area contributed by atoms with Crippen molar-refractivity contribution < 1.29 is 19.3 Å². The van der Waals surface area contributed by atoms with Crippen LogP contribution >= 0.6 is 0 Å². The number of nitrogens with zero attached hydrogens (tertiary/aromatic N) is 5. The topological polar surface area (TPSA) is 131 Å². The zero-order valence-corrected chi connectivity index (χ0v) is 19.2. The molecular weight excluding hydrogens is 428 g/mol. The van der Waals surface area contributed by atoms with Gasteiger partial charge in [-0.05, 0) is 24.6 Å². The molecule has 2 heterocycles. The molecule has 2 aromatic rings. The third-order valence-electron chi connectivity index (χ3n) is 5.39. The molecule has 0 bridgehead atoms. The lowest BCUT2D eigenvalue weighted by Gasteiger charge is -2.27. The highest BCUT2D eigenvalue weighted by Gasteiger charge is 2.33. The molecule has 33 heavy (non-hydrogen) atoms. The monoisotopic (exact) mass is 456 g/mol. The molecule has 0 atom stereocenters. The number of nitrogens with one attached hydrogen (secondary N) is 1. The van der Waals surface area contributed by atoms with Crippen LogP contribution < -0.4 is 5.32 Å². The van der Waals surface area contributed by atoms with Crippen LogP contribution in [0.15, 0.2) is 30.3 Å². The van der Waals surface area contributed by atoms with Gasteiger partial charge in [-0.25, -0.2) is 5.01 Å². The van der Waals surface area contributed by atoms with E-state index in [1.54, 1.807) is 13.1 Å². The van der Waals surface area contributed by atoms with Crippen LogP contribution in [0.2, 0.25) is 0 Å². The van der Waals surface area contributed by atoms with Crippen LogP contribution in [0.3, 0.4) is 0 Å². The second-order valence-corrected chi connectivity index (χ2v) is 8.90. The number of hydrazine groups is 1. The molecule has 11 heteroatoms. The summed E-state index contributed by atoms with van der Waals surface area (Å²) in [5, 5.41) is 20.6. The summed E-state index contributed by atoms with van der Waals surface area (Å²) in [6.07, 6.45) is 0.678. The van der Waals surface area contributed by atoms with Gasteiger partial charge in [-0.2, -0.15) is 5.10 Å². The van der Waals surface area contributed by atoms with Gasteiger partial charge in [0.15, 0.2) is 0 Å². The van der Waals surface area contributed by atoms with Gasteiger partial charge in [0.2, 0.25) is 5.91 Å². The first-order chi connectivity index (χ1) is 15.5. The molecule has 1 aliphatic heterocycles. The quantitative estimate of drug-likeness (QED) is 0.523. The van der Waals surface area contributed by atoms with Gasteiger partial charge < -0.3 is 5.32 Å². The number of aromatic nitrogens is 2. The highest BCUT2D eigenvalue weighted by atomic mass is 16.6. The number of amides is 3. The molecule has 1 N–H and O–H groups in total. The smallest absolute Gasteiger partial charge is 0.290 e. The number of hydrogen-bond donors (Lipinski definition) is 1. The second kappa shape index (κ2) is 9.39. The zero-order chi connectivity index (χ0) is 24.3. The molecule has 0 radical (unpaired) electrons. The Morgan fingerprint density at radius 1 is 1.12 bits per heavy atom. The summed E-state index contributed by atoms with van der Waals surface area (Å²) >= 11 is 0. The van der Waals surface area contributed by atoms with E-state index in [0.29, 0.717) is 25.2 Å². The Labute approximate surface area is 191 Å². The fourth-order valence-corrected chi connectivity index (χ4v) is 3.50. The summed E-state index contributed by atoms with van der Waals surface area (Å²) in [5.41, 5.74) is 1.14. The maximum Gasteiger partial charge on any atom is 0.290 e. The normalized spacial score (nSPS) is 13.8. The van der Waals surface area contributed by atoms with Crippen molar-refractivity contribution in [3.05, 3.63) is 57.4 Å². The lowest BCUT2D eigenvalue weighted by atomic mass is 9.92. The molecule has 1 aliphatic rings. The lowest BCUT2D eigenvalue weighted by molar-refractivity contribution is -0.384. The third-order valence-corrected chi connectivity index (χ3v) is 5.39. The lowest BCUT2D eigenvalue weighted by Crippen LogP contribution is -2.46. The van der Waals surface area contributed by atoms with Crippen LogP contribution in [0.5, 0.6) is 0 Å². The standard InChI is InChI=1S/C22H28N6O5/c1-22(2,3)18-14-17(25(4)24-18)21(31)27-13-5-12-26(27)19(29)10-11-23-20(30)15-6-8-16(9-7-15)28(32)33/h6-9,14H,5,10-13H2,1-4H3,(H,23,30). The van der Waals surface area contributed by atoms with E-state index in [4.69, 9.17) is 0 Å². The summed E-state index contributed by atoms with van der Waals surface area (Å²) < 4.78 is 1.54. The molecule has 3 rings (SSSR count). The SMILES string of the molecule is Cn1nc(C(C)(C)C)cc1C(=O)N1CCCN1C(=O)CCNC(=O)c1ccc([N+](=O)[O-])cc1. The minimum Gasteiger partial charge on any atom is -0.352 e. The predicted octanol–water partition coefficient (Wildman–Crippen LogP) is 2.04. The van der Waals surface area contributed by atoms with Crippen LogP contribution in [0.4, 0.5) is 5.69 Å². The molecule has 176 valence electrons. The number of carbonyl (C=O) groups is 3. The van der Waals surface area contributed by atoms with Crippen molar-refractivity contribution in [1.29, 1.82) is 0 Å². The number of rotatable bonds is 6. The maximum absolute atomic E-state index is 13.1. The minimum absolute atomic E-state index is 0.0150. The van der Waals surface area contributed by atoms with E-state index in [-0.39, 0.29) is 41.4 Å². The predicted molar refractivity (Wildman–Crippen MR) is 119 cm³/mol. The van der Waals surface area contributed by atoms with Crippen LogP contribution in [0.25, 0.3) is 0 Å². The van der Waals surface area contributed by atoms with E-state index in [9.17, 15) is 24.5 Å². The van der Waals surface area contributed by atoms with Gasteiger partial charge in [-0.3, -0.25) is 34.2 Å². The zero-order valence-electron chi connectivity index (χ0n) is 19.2. The molecule has 1 fully saturated rings. The fraction of sp³-hybridized carbons (Fsp3) is 0.455. The van der Waals surface area contributed by atoms with Crippen molar-refractivity contribution >= 4 is 23.4 Å². The largest absolute Gasteiger partial charge is 0.352 e. The molecule has 3 amide bonds. The first-order valence-electron chi connectivity index (χ1n) is 10.7. The van der Waals surface area contributed by atoms with Crippen LogP contribution in [-0.4, -0.2) is 62.1 Å². The van der Waals surface area contributed by atoms with E-state index < -0.39 is 10.8 Å². The van der Waals surface area contributed by atoms with Crippen LogP contribution in [-0.2, 0) is 17.3 Å². The Bertz CT molecular complexity index is 1070. The van der Waals surface area contributed by atoms with Gasteiger partial charge in [0.1, 0.15) is 5.69 Å². The Morgan fingerprint density at radius 2 is 1.76 bits per heavy atom. The Kier molecular flexibility index (Phi) is 6.80. The van der Waals surface area contributed by atoms with Crippen molar-refractivity contribution in [3.63, 3.8) is 0 Å². The summed E-state index contributed by atoms with van der Waals surface area (Å²) in [6.45, 7) is 6.97. The van der Waals surface area contributed by atoms with Crippen molar-refractivity contribution in [1.82, 2.24) is 25.1 Å². The summed E-state index contributed by atoms with van der Waals surface area (Å²) in [4.78, 5) is 48.3. The van der Waals surface area contributed by atoms with Gasteiger partial charge in [0.25, 0.3) is 17.5 Å². The van der Waals surface area contributed by atoms with Gasteiger partial charge in [-0.1, -0.05) is 20.8 Å². The fourth-order valence-electron chi connectivity index (χ4n) is 3.50. The first-order valence-corrected chi connectivity index (χ1v) is 10.7. The Morgan fingerprint density at radius 3 is 2.33 bits per heavy atom. The molecule has 0 unspecified atom stereocenters. The van der Waals surface area contributed by atoms with Gasteiger partial charge in [0.05, 0.1) is 10.6 Å². The molecule has 1 saturated heterocycles. The molecule has 0 aliphatic carbocycles. The second-order valence-electron chi connectivity index (χ2n) is 8.90. The highest BCUT2D eigenvalue weighted by Crippen LogP contribution is 2.23. The average Bonchev–Trinajstić information content (AvgIpc) is 3.40. The summed E-state index contributed by atoms with van der Waals surface area (Å²) in [7, 11) is 1.71. The summed E-state index contributed by atoms with van der Waals surface area (Å²) in [5.74, 6) is -0.999. The number of benzene rings is 1. The van der Waals surface area contributed by atoms with Crippen molar-refractivity contribution in [2.24, 2.45) is 7.05 Å². The molecule has 11 nitrogen and oxygen atoms in total. The van der Waals surface area contributed by atoms with Crippen molar-refractivity contribution in [3.8, 4) is 0 Å². The number of nitro groups is 1. The average molecular weight is 457 g/mol. The van der Waals surface area contributed by atoms with E-state index in [2.05, 4.69) is 10.4 Å². The highest BCUT2D eigenvalue weighted by molar-refractivity contribution is 5.95.